The minimum atomic E-state index is -0.675. The van der Waals surface area contributed by atoms with E-state index in [9.17, 15) is 19.2 Å². The molecule has 2 aliphatic rings. The number of hydrogen-bond donors (Lipinski definition) is 2. The molecule has 0 spiro atoms. The Kier molecular flexibility index (Phi) is 5.64. The monoisotopic (exact) mass is 499 g/mol. The molecule has 0 unspecified atom stereocenters. The number of amides is 3. The van der Waals surface area contributed by atoms with Crippen LogP contribution in [0.4, 0.5) is 5.69 Å². The van der Waals surface area contributed by atoms with Gasteiger partial charge in [-0.25, -0.2) is 0 Å². The van der Waals surface area contributed by atoms with E-state index in [1.54, 1.807) is 36.4 Å². The second-order valence-electron chi connectivity index (χ2n) is 7.98. The Morgan fingerprint density at radius 3 is 2.45 bits per heavy atom. The van der Waals surface area contributed by atoms with Gasteiger partial charge < -0.3 is 5.32 Å². The predicted octanol–water partition coefficient (Wildman–Crippen LogP) is 3.39. The lowest BCUT2D eigenvalue weighted by atomic mass is 9.83. The number of hydrogen-bond acceptors (Lipinski definition) is 6. The van der Waals surface area contributed by atoms with Gasteiger partial charge in [-0.15, -0.1) is 0 Å². The number of rotatable bonds is 4. The largest absolute Gasteiger partial charge is 0.325 e. The van der Waals surface area contributed by atoms with Gasteiger partial charge in [-0.2, -0.15) is 0 Å². The molecule has 33 heavy (non-hydrogen) atoms. The van der Waals surface area contributed by atoms with Crippen LogP contribution in [0.1, 0.15) is 21.9 Å². The summed E-state index contributed by atoms with van der Waals surface area (Å²) in [5.74, 6) is -2.20. The molecular formula is C23H18ClN3O4S2. The number of aromatic nitrogens is 1. The Morgan fingerprint density at radius 1 is 1.06 bits per heavy atom. The third kappa shape index (κ3) is 4.01. The van der Waals surface area contributed by atoms with Gasteiger partial charge in [0.25, 0.3) is 0 Å². The number of benzene rings is 2. The van der Waals surface area contributed by atoms with Crippen molar-refractivity contribution in [1.82, 2.24) is 9.88 Å². The van der Waals surface area contributed by atoms with Crippen LogP contribution in [0.25, 0.3) is 0 Å². The number of carbonyl (C=O) groups is 3. The summed E-state index contributed by atoms with van der Waals surface area (Å²) < 4.78 is 1.39. The first kappa shape index (κ1) is 21.9. The molecule has 0 bridgehead atoms. The summed E-state index contributed by atoms with van der Waals surface area (Å²) in [4.78, 5) is 51.2. The molecule has 1 aromatic heterocycles. The molecule has 1 fully saturated rings. The molecule has 3 heterocycles. The first-order valence-electron chi connectivity index (χ1n) is 10.2. The van der Waals surface area contributed by atoms with Crippen LogP contribution in [-0.2, 0) is 20.9 Å². The molecule has 3 amide bonds. The van der Waals surface area contributed by atoms with E-state index in [0.717, 1.165) is 22.5 Å². The zero-order chi connectivity index (χ0) is 23.3. The maximum atomic E-state index is 12.9. The highest BCUT2D eigenvalue weighted by molar-refractivity contribution is 8.00. The smallest absolute Gasteiger partial charge is 0.308 e. The van der Waals surface area contributed by atoms with Crippen molar-refractivity contribution in [2.24, 2.45) is 5.92 Å². The number of thioether (sulfide) groups is 1. The fourth-order valence-electron chi connectivity index (χ4n) is 4.19. The number of thiazole rings is 1. The van der Waals surface area contributed by atoms with E-state index in [0.29, 0.717) is 20.6 Å². The first-order chi connectivity index (χ1) is 15.8. The fraction of sp³-hybridized carbons (Fsp3) is 0.217. The third-order valence-electron chi connectivity index (χ3n) is 5.75. The van der Waals surface area contributed by atoms with Gasteiger partial charge in [0.05, 0.1) is 10.9 Å². The molecule has 10 heteroatoms. The Bertz CT molecular complexity index is 1330. The Morgan fingerprint density at radius 2 is 1.76 bits per heavy atom. The number of fused-ring (bicyclic) bond motifs is 2. The zero-order valence-corrected chi connectivity index (χ0v) is 19.7. The molecule has 3 aromatic rings. The Labute approximate surface area is 202 Å². The van der Waals surface area contributed by atoms with E-state index in [4.69, 9.17) is 11.6 Å². The van der Waals surface area contributed by atoms with Gasteiger partial charge >= 0.3 is 4.87 Å². The molecule has 0 aliphatic carbocycles. The molecule has 2 N–H and O–H groups in total. The van der Waals surface area contributed by atoms with Crippen LogP contribution in [0.2, 0.25) is 5.02 Å². The summed E-state index contributed by atoms with van der Waals surface area (Å²) in [5.41, 5.74) is 2.49. The maximum Gasteiger partial charge on any atom is 0.308 e. The molecule has 0 saturated carbocycles. The summed E-state index contributed by atoms with van der Waals surface area (Å²) >= 11 is 8.22. The van der Waals surface area contributed by atoms with Gasteiger partial charge in [0, 0.05) is 21.5 Å². The minimum Gasteiger partial charge on any atom is -0.325 e. The molecule has 7 nitrogen and oxygen atoms in total. The average Bonchev–Trinajstić information content (AvgIpc) is 3.24. The molecular weight excluding hydrogens is 482 g/mol. The van der Waals surface area contributed by atoms with E-state index in [-0.39, 0.29) is 29.1 Å². The molecule has 5 rings (SSSR count). The van der Waals surface area contributed by atoms with Gasteiger partial charge in [-0.3, -0.25) is 29.1 Å². The highest BCUT2D eigenvalue weighted by atomic mass is 35.5. The number of anilines is 1. The lowest BCUT2D eigenvalue weighted by Gasteiger charge is -2.30. The van der Waals surface area contributed by atoms with Gasteiger partial charge in [0.15, 0.2) is 0 Å². The van der Waals surface area contributed by atoms with Crippen LogP contribution < -0.4 is 15.5 Å². The van der Waals surface area contributed by atoms with Crippen molar-refractivity contribution in [2.45, 2.75) is 29.7 Å². The molecule has 168 valence electrons. The predicted molar refractivity (Wildman–Crippen MR) is 128 cm³/mol. The van der Waals surface area contributed by atoms with Gasteiger partial charge in [0.1, 0.15) is 11.8 Å². The first-order valence-corrected chi connectivity index (χ1v) is 12.3. The number of imide groups is 1. The summed E-state index contributed by atoms with van der Waals surface area (Å²) in [6, 6.07) is 14.4. The van der Waals surface area contributed by atoms with Gasteiger partial charge in [0.2, 0.25) is 17.7 Å². The summed E-state index contributed by atoms with van der Waals surface area (Å²) in [6.45, 7) is 1.76. The quantitative estimate of drug-likeness (QED) is 0.536. The number of aryl methyl sites for hydroxylation is 1. The normalized spacial score (nSPS) is 21.3. The number of nitrogens with zero attached hydrogens (tertiary/aromatic N) is 1. The summed E-state index contributed by atoms with van der Waals surface area (Å²) in [6.07, 6.45) is 0. The molecule has 2 aromatic carbocycles. The third-order valence-corrected chi connectivity index (χ3v) is 8.62. The summed E-state index contributed by atoms with van der Waals surface area (Å²) in [5, 5.41) is 5.64. The molecule has 3 atom stereocenters. The highest BCUT2D eigenvalue weighted by Crippen LogP contribution is 2.51. The Balaban J connectivity index is 1.52. The van der Waals surface area contributed by atoms with Crippen molar-refractivity contribution in [2.75, 3.05) is 5.32 Å². The van der Waals surface area contributed by atoms with Crippen LogP contribution in [0.5, 0.6) is 0 Å². The van der Waals surface area contributed by atoms with Crippen molar-refractivity contribution < 1.29 is 14.4 Å². The standard InChI is InChI=1S/C23H18ClN3O4S2/c1-11-2-8-14(9-3-11)25-15(28)10-27-22-19(33-23(27)31)16(12-4-6-13(24)7-5-12)17-18(32-22)21(30)26-20(17)29/h2-9,16-18H,10H2,1H3,(H,25,28)(H,26,29,30)/t16-,17+,18-/m0/s1. The van der Waals surface area contributed by atoms with E-state index >= 15 is 0 Å². The fourth-order valence-corrected chi connectivity index (χ4v) is 7.05. The lowest BCUT2D eigenvalue weighted by molar-refractivity contribution is -0.126. The highest BCUT2D eigenvalue weighted by Gasteiger charge is 2.52. The van der Waals surface area contributed by atoms with Crippen molar-refractivity contribution >= 4 is 58.1 Å². The van der Waals surface area contributed by atoms with E-state index in [1.807, 2.05) is 19.1 Å². The number of nitrogens with one attached hydrogen (secondary N) is 2. The van der Waals surface area contributed by atoms with Crippen LogP contribution in [0.15, 0.2) is 58.4 Å². The summed E-state index contributed by atoms with van der Waals surface area (Å²) in [7, 11) is 0. The SMILES string of the molecule is Cc1ccc(NC(=O)Cn2c3c(sc2=O)[C@@H](c2ccc(Cl)cc2)[C@H]2C(=O)NC(=O)[C@H]2S3)cc1. The van der Waals surface area contributed by atoms with Crippen molar-refractivity contribution in [3.8, 4) is 0 Å². The van der Waals surface area contributed by atoms with Gasteiger partial charge in [-0.1, -0.05) is 64.5 Å². The molecule has 1 saturated heterocycles. The van der Waals surface area contributed by atoms with E-state index in [2.05, 4.69) is 10.6 Å². The molecule has 2 aliphatic heterocycles. The lowest BCUT2D eigenvalue weighted by Crippen LogP contribution is -2.32. The average molecular weight is 500 g/mol. The van der Waals surface area contributed by atoms with E-state index in [1.165, 1.54) is 16.3 Å². The van der Waals surface area contributed by atoms with Crippen LogP contribution in [0, 0.1) is 12.8 Å². The number of halogens is 1. The van der Waals surface area contributed by atoms with Crippen molar-refractivity contribution in [3.63, 3.8) is 0 Å². The second kappa shape index (κ2) is 8.48. The Hall–Kier alpha value is -2.88. The van der Waals surface area contributed by atoms with Crippen LogP contribution >= 0.6 is 34.7 Å². The number of carbonyl (C=O) groups excluding carboxylic acids is 3. The second-order valence-corrected chi connectivity index (χ2v) is 10.5. The van der Waals surface area contributed by atoms with Crippen molar-refractivity contribution in [1.29, 1.82) is 0 Å². The van der Waals surface area contributed by atoms with Gasteiger partial charge in [-0.05, 0) is 36.8 Å². The van der Waals surface area contributed by atoms with E-state index < -0.39 is 17.1 Å². The van der Waals surface area contributed by atoms with Crippen LogP contribution in [0.3, 0.4) is 0 Å². The minimum absolute atomic E-state index is 0.189. The maximum absolute atomic E-state index is 12.9. The molecule has 0 radical (unpaired) electrons. The zero-order valence-electron chi connectivity index (χ0n) is 17.3. The van der Waals surface area contributed by atoms with Crippen LogP contribution in [-0.4, -0.2) is 27.5 Å². The van der Waals surface area contributed by atoms with Crippen molar-refractivity contribution in [3.05, 3.63) is 79.2 Å². The topological polar surface area (TPSA) is 97.3 Å².